The van der Waals surface area contributed by atoms with Crippen molar-refractivity contribution in [2.75, 3.05) is 6.54 Å². The first-order valence-electron chi connectivity index (χ1n) is 6.72. The van der Waals surface area contributed by atoms with Gasteiger partial charge in [-0.3, -0.25) is 4.98 Å². The normalized spacial score (nSPS) is 12.4. The van der Waals surface area contributed by atoms with Crippen LogP contribution in [0.4, 0.5) is 4.39 Å². The lowest BCUT2D eigenvalue weighted by Crippen LogP contribution is -2.24. The number of aromatic nitrogens is 1. The molecule has 0 aliphatic rings. The average Bonchev–Trinajstić information content (AvgIpc) is 2.44. The molecule has 20 heavy (non-hydrogen) atoms. The number of hydrogen-bond acceptors (Lipinski definition) is 2. The van der Waals surface area contributed by atoms with Crippen molar-refractivity contribution >= 4 is 11.6 Å². The molecule has 0 aliphatic heterocycles. The minimum atomic E-state index is -0.259. The highest BCUT2D eigenvalue weighted by atomic mass is 35.5. The Morgan fingerprint density at radius 2 is 2.10 bits per heavy atom. The molecule has 0 aliphatic carbocycles. The van der Waals surface area contributed by atoms with E-state index < -0.39 is 0 Å². The van der Waals surface area contributed by atoms with Crippen LogP contribution in [-0.4, -0.2) is 11.5 Å². The standard InChI is InChI=1S/C16H18ClFN2/c1-3-7-20-16(12-6-8-19-10-14(12)17)13-9-11(2)4-5-15(13)18/h4-6,8-10,16,20H,3,7H2,1-2H3. The maximum Gasteiger partial charge on any atom is 0.128 e. The van der Waals surface area contributed by atoms with Gasteiger partial charge in [-0.05, 0) is 37.6 Å². The van der Waals surface area contributed by atoms with Crippen LogP contribution in [-0.2, 0) is 0 Å². The van der Waals surface area contributed by atoms with Gasteiger partial charge in [0, 0.05) is 18.0 Å². The third-order valence-corrected chi connectivity index (χ3v) is 3.49. The summed E-state index contributed by atoms with van der Waals surface area (Å²) in [6.07, 6.45) is 4.23. The molecule has 2 rings (SSSR count). The maximum atomic E-state index is 14.2. The molecule has 1 heterocycles. The molecule has 1 unspecified atom stereocenters. The Morgan fingerprint density at radius 3 is 2.80 bits per heavy atom. The first-order valence-corrected chi connectivity index (χ1v) is 7.10. The van der Waals surface area contributed by atoms with Gasteiger partial charge < -0.3 is 5.32 Å². The fourth-order valence-corrected chi connectivity index (χ4v) is 2.41. The Hall–Kier alpha value is -1.45. The third-order valence-electron chi connectivity index (χ3n) is 3.18. The van der Waals surface area contributed by atoms with Gasteiger partial charge in [-0.15, -0.1) is 0 Å². The van der Waals surface area contributed by atoms with Crippen LogP contribution in [0.25, 0.3) is 0 Å². The molecule has 0 saturated carbocycles. The second kappa shape index (κ2) is 6.82. The maximum absolute atomic E-state index is 14.2. The molecule has 2 nitrogen and oxygen atoms in total. The number of hydrogen-bond donors (Lipinski definition) is 1. The molecule has 1 atom stereocenters. The summed E-state index contributed by atoms with van der Waals surface area (Å²) in [5, 5.41) is 3.90. The minimum Gasteiger partial charge on any atom is -0.306 e. The van der Waals surface area contributed by atoms with Crippen molar-refractivity contribution in [2.45, 2.75) is 26.3 Å². The van der Waals surface area contributed by atoms with Crippen LogP contribution >= 0.6 is 11.6 Å². The lowest BCUT2D eigenvalue weighted by Gasteiger charge is -2.21. The summed E-state index contributed by atoms with van der Waals surface area (Å²) in [6, 6.07) is 6.70. The van der Waals surface area contributed by atoms with E-state index in [1.165, 1.54) is 6.07 Å². The Labute approximate surface area is 124 Å². The van der Waals surface area contributed by atoms with Gasteiger partial charge >= 0.3 is 0 Å². The van der Waals surface area contributed by atoms with Crippen molar-refractivity contribution in [1.82, 2.24) is 10.3 Å². The molecule has 106 valence electrons. The fraction of sp³-hybridized carbons (Fsp3) is 0.312. The van der Waals surface area contributed by atoms with Crippen LogP contribution in [0.5, 0.6) is 0 Å². The Balaban J connectivity index is 2.47. The molecule has 4 heteroatoms. The van der Waals surface area contributed by atoms with Crippen LogP contribution in [0.1, 0.15) is 36.1 Å². The Kier molecular flexibility index (Phi) is 5.10. The number of halogens is 2. The zero-order chi connectivity index (χ0) is 14.5. The summed E-state index contributed by atoms with van der Waals surface area (Å²) < 4.78 is 14.2. The topological polar surface area (TPSA) is 24.9 Å². The lowest BCUT2D eigenvalue weighted by atomic mass is 9.97. The molecule has 2 aromatic rings. The van der Waals surface area contributed by atoms with E-state index in [-0.39, 0.29) is 11.9 Å². The summed E-state index contributed by atoms with van der Waals surface area (Å²) in [4.78, 5) is 3.99. The molecule has 0 saturated heterocycles. The number of rotatable bonds is 5. The molecule has 0 spiro atoms. The summed E-state index contributed by atoms with van der Waals surface area (Å²) in [7, 11) is 0. The minimum absolute atomic E-state index is 0.225. The van der Waals surface area contributed by atoms with Gasteiger partial charge in [0.25, 0.3) is 0 Å². The quantitative estimate of drug-likeness (QED) is 0.890. The predicted octanol–water partition coefficient (Wildman–Crippen LogP) is 4.27. The summed E-state index contributed by atoms with van der Waals surface area (Å²) in [5.74, 6) is -0.225. The van der Waals surface area contributed by atoms with Crippen molar-refractivity contribution in [1.29, 1.82) is 0 Å². The lowest BCUT2D eigenvalue weighted by molar-refractivity contribution is 0.546. The number of aryl methyl sites for hydroxylation is 1. The summed E-state index contributed by atoms with van der Waals surface area (Å²) in [5.41, 5.74) is 2.49. The molecule has 1 N–H and O–H groups in total. The second-order valence-electron chi connectivity index (χ2n) is 4.81. The van der Waals surface area contributed by atoms with Gasteiger partial charge in [0.05, 0.1) is 11.1 Å². The molecule has 0 amide bonds. The summed E-state index contributed by atoms with van der Waals surface area (Å²) in [6.45, 7) is 4.81. The van der Waals surface area contributed by atoms with Crippen LogP contribution in [0, 0.1) is 12.7 Å². The van der Waals surface area contributed by atoms with Gasteiger partial charge in [0.15, 0.2) is 0 Å². The van der Waals surface area contributed by atoms with E-state index in [1.807, 2.05) is 19.1 Å². The van der Waals surface area contributed by atoms with Crippen molar-refractivity contribution < 1.29 is 4.39 Å². The van der Waals surface area contributed by atoms with Gasteiger partial charge in [-0.1, -0.05) is 36.2 Å². The largest absolute Gasteiger partial charge is 0.306 e. The van der Waals surface area contributed by atoms with Crippen molar-refractivity contribution in [3.8, 4) is 0 Å². The molecule has 1 aromatic heterocycles. The number of nitrogens with zero attached hydrogens (tertiary/aromatic N) is 1. The molecule has 0 radical (unpaired) electrons. The van der Waals surface area contributed by atoms with Gasteiger partial charge in [0.1, 0.15) is 5.82 Å². The Bertz CT molecular complexity index is 586. The first kappa shape index (κ1) is 14.9. The molecule has 0 fully saturated rings. The number of nitrogens with one attached hydrogen (secondary N) is 1. The van der Waals surface area contributed by atoms with E-state index in [4.69, 9.17) is 11.6 Å². The van der Waals surface area contributed by atoms with E-state index in [0.717, 1.165) is 24.1 Å². The van der Waals surface area contributed by atoms with E-state index in [1.54, 1.807) is 18.5 Å². The summed E-state index contributed by atoms with van der Waals surface area (Å²) >= 11 is 6.21. The molecule has 1 aromatic carbocycles. The van der Waals surface area contributed by atoms with Crippen molar-refractivity contribution in [3.63, 3.8) is 0 Å². The van der Waals surface area contributed by atoms with Gasteiger partial charge in [-0.2, -0.15) is 0 Å². The van der Waals surface area contributed by atoms with Crippen LogP contribution in [0.2, 0.25) is 5.02 Å². The highest BCUT2D eigenvalue weighted by molar-refractivity contribution is 6.31. The molecular weight excluding hydrogens is 275 g/mol. The van der Waals surface area contributed by atoms with E-state index >= 15 is 0 Å². The van der Waals surface area contributed by atoms with Crippen LogP contribution < -0.4 is 5.32 Å². The third kappa shape index (κ3) is 3.35. The molecule has 0 bridgehead atoms. The van der Waals surface area contributed by atoms with Crippen LogP contribution in [0.3, 0.4) is 0 Å². The highest BCUT2D eigenvalue weighted by Gasteiger charge is 2.19. The predicted molar refractivity (Wildman–Crippen MR) is 80.5 cm³/mol. The monoisotopic (exact) mass is 292 g/mol. The first-order chi connectivity index (χ1) is 9.63. The van der Waals surface area contributed by atoms with E-state index in [0.29, 0.717) is 10.6 Å². The van der Waals surface area contributed by atoms with Crippen molar-refractivity contribution in [2.24, 2.45) is 0 Å². The van der Waals surface area contributed by atoms with Crippen molar-refractivity contribution in [3.05, 3.63) is 64.2 Å². The fourth-order valence-electron chi connectivity index (χ4n) is 2.18. The van der Waals surface area contributed by atoms with Gasteiger partial charge in [-0.25, -0.2) is 4.39 Å². The average molecular weight is 293 g/mol. The van der Waals surface area contributed by atoms with Crippen LogP contribution in [0.15, 0.2) is 36.7 Å². The number of pyridine rings is 1. The SMILES string of the molecule is CCCNC(c1cc(C)ccc1F)c1ccncc1Cl. The molecular formula is C16H18ClFN2. The Morgan fingerprint density at radius 1 is 1.30 bits per heavy atom. The van der Waals surface area contributed by atoms with E-state index in [9.17, 15) is 4.39 Å². The second-order valence-corrected chi connectivity index (χ2v) is 5.22. The smallest absolute Gasteiger partial charge is 0.128 e. The zero-order valence-corrected chi connectivity index (χ0v) is 12.4. The highest BCUT2D eigenvalue weighted by Crippen LogP contribution is 2.29. The number of benzene rings is 1. The zero-order valence-electron chi connectivity index (χ0n) is 11.7. The van der Waals surface area contributed by atoms with Gasteiger partial charge in [0.2, 0.25) is 0 Å². The van der Waals surface area contributed by atoms with E-state index in [2.05, 4.69) is 17.2 Å².